The number of aromatic nitrogens is 2. The molecule has 1 amide bonds. The number of nitrogens with one attached hydrogen (secondary N) is 1. The van der Waals surface area contributed by atoms with Gasteiger partial charge in [0.1, 0.15) is 0 Å². The first-order valence-corrected chi connectivity index (χ1v) is 12.7. The zero-order valence-electron chi connectivity index (χ0n) is 21.1. The van der Waals surface area contributed by atoms with Gasteiger partial charge in [0.25, 0.3) is 0 Å². The molecule has 3 aromatic rings. The van der Waals surface area contributed by atoms with Gasteiger partial charge in [-0.25, -0.2) is 0 Å². The Kier molecular flexibility index (Phi) is 11.2. The normalized spacial score (nSPS) is 11.4. The molecule has 5 heteroatoms. The minimum atomic E-state index is -0.0553. The van der Waals surface area contributed by atoms with Crippen molar-refractivity contribution in [2.24, 2.45) is 0 Å². The van der Waals surface area contributed by atoms with Gasteiger partial charge >= 0.3 is 0 Å². The number of hydrogen-bond donors (Lipinski definition) is 1. The lowest BCUT2D eigenvalue weighted by Crippen LogP contribution is -2.32. The van der Waals surface area contributed by atoms with Gasteiger partial charge in [-0.05, 0) is 80.0 Å². The van der Waals surface area contributed by atoms with E-state index in [9.17, 15) is 4.79 Å². The second-order valence-corrected chi connectivity index (χ2v) is 9.21. The molecule has 0 saturated heterocycles. The topological polar surface area (TPSA) is 58.1 Å². The molecule has 35 heavy (non-hydrogen) atoms. The Hall–Kier alpha value is -3.31. The number of unbranched alkanes of at least 4 members (excludes halogenated alkanes) is 2. The first kappa shape index (κ1) is 26.3. The lowest BCUT2D eigenvalue weighted by Gasteiger charge is -2.26. The summed E-state index contributed by atoms with van der Waals surface area (Å²) in [6.07, 6.45) is 15.9. The fourth-order valence-electron chi connectivity index (χ4n) is 3.93. The summed E-state index contributed by atoms with van der Waals surface area (Å²) < 4.78 is 0. The fourth-order valence-corrected chi connectivity index (χ4v) is 3.93. The predicted octanol–water partition coefficient (Wildman–Crippen LogP) is 5.47. The van der Waals surface area contributed by atoms with Crippen LogP contribution in [0.2, 0.25) is 0 Å². The molecular formula is C30H38N4O. The lowest BCUT2D eigenvalue weighted by molar-refractivity contribution is -0.116. The maximum Gasteiger partial charge on any atom is 0.243 e. The molecule has 0 unspecified atom stereocenters. The number of aryl methyl sites for hydroxylation is 1. The van der Waals surface area contributed by atoms with Gasteiger partial charge < -0.3 is 5.32 Å². The van der Waals surface area contributed by atoms with E-state index in [0.717, 1.165) is 50.8 Å². The number of amides is 1. The number of rotatable bonds is 14. The molecule has 0 aliphatic rings. The highest BCUT2D eigenvalue weighted by Crippen LogP contribution is 2.13. The average Bonchev–Trinajstić information content (AvgIpc) is 2.89. The van der Waals surface area contributed by atoms with E-state index in [1.165, 1.54) is 16.7 Å². The summed E-state index contributed by atoms with van der Waals surface area (Å²) in [6, 6.07) is 17.5. The average molecular weight is 471 g/mol. The molecule has 0 aliphatic heterocycles. The SMILES string of the molecule is CC(C)N(CCc1cccnc1)Cc1ccc(CCCCCNC(=O)/C=C/c2cccnc2)cc1. The van der Waals surface area contributed by atoms with Crippen molar-refractivity contribution in [2.45, 2.75) is 58.5 Å². The summed E-state index contributed by atoms with van der Waals surface area (Å²) >= 11 is 0. The molecule has 0 saturated carbocycles. The molecule has 0 fully saturated rings. The lowest BCUT2D eigenvalue weighted by atomic mass is 10.0. The smallest absolute Gasteiger partial charge is 0.243 e. The van der Waals surface area contributed by atoms with Crippen molar-refractivity contribution in [3.63, 3.8) is 0 Å². The molecule has 184 valence electrons. The van der Waals surface area contributed by atoms with Crippen LogP contribution in [0.3, 0.4) is 0 Å². The van der Waals surface area contributed by atoms with Crippen molar-refractivity contribution >= 4 is 12.0 Å². The van der Waals surface area contributed by atoms with Crippen LogP contribution in [-0.4, -0.2) is 39.9 Å². The van der Waals surface area contributed by atoms with Crippen LogP contribution < -0.4 is 5.32 Å². The van der Waals surface area contributed by atoms with Gasteiger partial charge in [0.05, 0.1) is 0 Å². The molecule has 0 spiro atoms. The standard InChI is InChI=1S/C30H38N4O/c1-25(2)34(21-17-28-10-7-19-32-23-28)24-29-13-11-26(12-14-29)8-4-3-5-20-33-30(35)16-15-27-9-6-18-31-22-27/h6-7,9-16,18-19,22-23,25H,3-5,8,17,20-21,24H2,1-2H3,(H,33,35)/b16-15+. The van der Waals surface area contributed by atoms with E-state index >= 15 is 0 Å². The largest absolute Gasteiger partial charge is 0.353 e. The maximum atomic E-state index is 11.9. The highest BCUT2D eigenvalue weighted by Gasteiger charge is 2.10. The highest BCUT2D eigenvalue weighted by molar-refractivity contribution is 5.91. The quantitative estimate of drug-likeness (QED) is 0.251. The molecule has 5 nitrogen and oxygen atoms in total. The maximum absolute atomic E-state index is 11.9. The number of carbonyl (C=O) groups excluding carboxylic acids is 1. The summed E-state index contributed by atoms with van der Waals surface area (Å²) in [6.45, 7) is 7.22. The molecule has 1 aromatic carbocycles. The highest BCUT2D eigenvalue weighted by atomic mass is 16.1. The Bertz CT molecular complexity index is 1020. The first-order valence-electron chi connectivity index (χ1n) is 12.7. The summed E-state index contributed by atoms with van der Waals surface area (Å²) in [5.74, 6) is -0.0553. The zero-order valence-corrected chi connectivity index (χ0v) is 21.1. The van der Waals surface area contributed by atoms with Crippen LogP contribution in [0.15, 0.2) is 79.4 Å². The van der Waals surface area contributed by atoms with Gasteiger partial charge in [-0.3, -0.25) is 19.7 Å². The van der Waals surface area contributed by atoms with Crippen LogP contribution in [0.1, 0.15) is 55.4 Å². The van der Waals surface area contributed by atoms with Crippen molar-refractivity contribution in [3.8, 4) is 0 Å². The summed E-state index contributed by atoms with van der Waals surface area (Å²) in [7, 11) is 0. The van der Waals surface area contributed by atoms with E-state index in [0.29, 0.717) is 12.6 Å². The number of nitrogens with zero attached hydrogens (tertiary/aromatic N) is 3. The van der Waals surface area contributed by atoms with Crippen LogP contribution in [-0.2, 0) is 24.2 Å². The molecule has 0 bridgehead atoms. The van der Waals surface area contributed by atoms with Gasteiger partial charge in [-0.2, -0.15) is 0 Å². The van der Waals surface area contributed by atoms with E-state index in [1.54, 1.807) is 24.5 Å². The van der Waals surface area contributed by atoms with E-state index in [1.807, 2.05) is 30.6 Å². The van der Waals surface area contributed by atoms with Crippen molar-refractivity contribution < 1.29 is 4.79 Å². The van der Waals surface area contributed by atoms with E-state index in [-0.39, 0.29) is 5.91 Å². The molecule has 0 atom stereocenters. The molecule has 1 N–H and O–H groups in total. The van der Waals surface area contributed by atoms with Crippen molar-refractivity contribution in [1.29, 1.82) is 0 Å². The van der Waals surface area contributed by atoms with E-state index in [2.05, 4.69) is 64.4 Å². The minimum Gasteiger partial charge on any atom is -0.353 e. The Morgan fingerprint density at radius 2 is 1.63 bits per heavy atom. The van der Waals surface area contributed by atoms with Gasteiger partial charge in [0.15, 0.2) is 0 Å². The predicted molar refractivity (Wildman–Crippen MR) is 144 cm³/mol. The molecule has 3 rings (SSSR count). The van der Waals surface area contributed by atoms with Crippen molar-refractivity contribution in [2.75, 3.05) is 13.1 Å². The van der Waals surface area contributed by atoms with E-state index < -0.39 is 0 Å². The second kappa shape index (κ2) is 14.8. The third-order valence-corrected chi connectivity index (χ3v) is 6.10. The number of pyridine rings is 2. The molecule has 2 aromatic heterocycles. The molecule has 0 aliphatic carbocycles. The van der Waals surface area contributed by atoms with Crippen molar-refractivity contribution in [3.05, 3.63) is 102 Å². The minimum absolute atomic E-state index is 0.0553. The van der Waals surface area contributed by atoms with Gasteiger partial charge in [-0.15, -0.1) is 0 Å². The van der Waals surface area contributed by atoms with Crippen molar-refractivity contribution in [1.82, 2.24) is 20.2 Å². The Morgan fingerprint density at radius 3 is 2.31 bits per heavy atom. The molecular weight excluding hydrogens is 432 g/mol. The second-order valence-electron chi connectivity index (χ2n) is 9.21. The number of carbonyl (C=O) groups is 1. The van der Waals surface area contributed by atoms with Crippen LogP contribution >= 0.6 is 0 Å². The van der Waals surface area contributed by atoms with Gasteiger partial charge in [0, 0.05) is 56.5 Å². The molecule has 0 radical (unpaired) electrons. The number of hydrogen-bond acceptors (Lipinski definition) is 4. The van der Waals surface area contributed by atoms with Gasteiger partial charge in [-0.1, -0.05) is 42.8 Å². The zero-order chi connectivity index (χ0) is 24.7. The summed E-state index contributed by atoms with van der Waals surface area (Å²) in [4.78, 5) is 22.7. The third-order valence-electron chi connectivity index (χ3n) is 6.10. The molecule has 2 heterocycles. The van der Waals surface area contributed by atoms with Gasteiger partial charge in [0.2, 0.25) is 5.91 Å². The number of benzene rings is 1. The van der Waals surface area contributed by atoms with Crippen LogP contribution in [0.4, 0.5) is 0 Å². The Balaban J connectivity index is 1.31. The third kappa shape index (κ3) is 10.2. The Labute approximate surface area is 210 Å². The van der Waals surface area contributed by atoms with Crippen LogP contribution in [0.5, 0.6) is 0 Å². The first-order chi connectivity index (χ1) is 17.1. The Morgan fingerprint density at radius 1 is 0.886 bits per heavy atom. The van der Waals surface area contributed by atoms with Crippen LogP contribution in [0.25, 0.3) is 6.08 Å². The van der Waals surface area contributed by atoms with E-state index in [4.69, 9.17) is 0 Å². The summed E-state index contributed by atoms with van der Waals surface area (Å²) in [5.41, 5.74) is 4.95. The summed E-state index contributed by atoms with van der Waals surface area (Å²) in [5, 5.41) is 2.95. The van der Waals surface area contributed by atoms with Crippen LogP contribution in [0, 0.1) is 0 Å². The monoisotopic (exact) mass is 470 g/mol. The fraction of sp³-hybridized carbons (Fsp3) is 0.367.